The third-order valence-electron chi connectivity index (χ3n) is 5.04. The molecule has 1 heterocycles. The topological polar surface area (TPSA) is 0 Å². The number of fused-ring (bicyclic) bond motifs is 5. The second-order valence-corrected chi connectivity index (χ2v) is 7.92. The molecule has 0 saturated carbocycles. The van der Waals surface area contributed by atoms with Crippen LogP contribution in [0.1, 0.15) is 30.0 Å². The Hall–Kier alpha value is -2.12. The average Bonchev–Trinajstić information content (AvgIpc) is 2.87. The molecule has 5 rings (SSSR count). The van der Waals surface area contributed by atoms with Crippen LogP contribution in [0.3, 0.4) is 0 Å². The van der Waals surface area contributed by atoms with E-state index in [1.807, 2.05) is 11.3 Å². The Morgan fingerprint density at radius 2 is 1.61 bits per heavy atom. The summed E-state index contributed by atoms with van der Waals surface area (Å²) >= 11 is 1.94. The number of benzene rings is 3. The van der Waals surface area contributed by atoms with Crippen LogP contribution in [0, 0.1) is 6.92 Å². The van der Waals surface area contributed by atoms with Crippen LogP contribution >= 0.6 is 11.3 Å². The summed E-state index contributed by atoms with van der Waals surface area (Å²) in [7, 11) is 0. The van der Waals surface area contributed by atoms with Gasteiger partial charge in [-0.15, -0.1) is 11.3 Å². The summed E-state index contributed by atoms with van der Waals surface area (Å²) in [5.41, 5.74) is 5.76. The highest BCUT2D eigenvalue weighted by molar-refractivity contribution is 7.25. The summed E-state index contributed by atoms with van der Waals surface area (Å²) in [5.74, 6) is 0. The molecule has 0 unspecified atom stereocenters. The Bertz CT molecular complexity index is 1130. The van der Waals surface area contributed by atoms with Gasteiger partial charge in [0.05, 0.1) is 0 Å². The summed E-state index contributed by atoms with van der Waals surface area (Å²) in [5, 5.41) is 5.51. The zero-order chi connectivity index (χ0) is 15.6. The van der Waals surface area contributed by atoms with Crippen molar-refractivity contribution < 1.29 is 0 Å². The van der Waals surface area contributed by atoms with Crippen molar-refractivity contribution in [3.63, 3.8) is 0 Å². The smallest absolute Gasteiger partial charge is 0.0361 e. The predicted molar refractivity (Wildman–Crippen MR) is 104 cm³/mol. The van der Waals surface area contributed by atoms with Crippen LogP contribution in [0.15, 0.2) is 48.0 Å². The standard InChI is InChI=1S/C22H18S/c1-13-4-6-16-11-21-20(10-17(16)7-13)19-9-15-5-3-14(2)8-18(15)12-22(19)23-21/h3,5,7-12H,4,6H2,1-2H3. The molecule has 0 aliphatic heterocycles. The molecule has 1 heteroatoms. The second kappa shape index (κ2) is 4.69. The molecular formula is C22H18S. The zero-order valence-corrected chi connectivity index (χ0v) is 14.3. The fourth-order valence-electron chi connectivity index (χ4n) is 3.76. The van der Waals surface area contributed by atoms with Crippen LogP contribution in [0.5, 0.6) is 0 Å². The van der Waals surface area contributed by atoms with Crippen molar-refractivity contribution in [3.05, 3.63) is 64.7 Å². The summed E-state index contributed by atoms with van der Waals surface area (Å²) in [6.45, 7) is 4.41. The molecule has 1 aliphatic rings. The van der Waals surface area contributed by atoms with E-state index in [4.69, 9.17) is 0 Å². The molecule has 0 amide bonds. The van der Waals surface area contributed by atoms with E-state index in [2.05, 4.69) is 62.4 Å². The fourth-order valence-corrected chi connectivity index (χ4v) is 4.95. The lowest BCUT2D eigenvalue weighted by molar-refractivity contribution is 0.930. The van der Waals surface area contributed by atoms with E-state index in [-0.39, 0.29) is 0 Å². The number of rotatable bonds is 0. The maximum absolute atomic E-state index is 2.42. The number of thiophene rings is 1. The van der Waals surface area contributed by atoms with Crippen molar-refractivity contribution in [3.8, 4) is 0 Å². The van der Waals surface area contributed by atoms with Gasteiger partial charge in [-0.05, 0) is 72.9 Å². The molecule has 1 aliphatic carbocycles. The summed E-state index contributed by atoms with van der Waals surface area (Å²) in [4.78, 5) is 0. The molecule has 0 radical (unpaired) electrons. The predicted octanol–water partition coefficient (Wildman–Crippen LogP) is 6.87. The highest BCUT2D eigenvalue weighted by atomic mass is 32.1. The molecule has 23 heavy (non-hydrogen) atoms. The van der Waals surface area contributed by atoms with Crippen molar-refractivity contribution in [2.75, 3.05) is 0 Å². The van der Waals surface area contributed by atoms with E-state index >= 15 is 0 Å². The number of aryl methyl sites for hydroxylation is 2. The lowest BCUT2D eigenvalue weighted by atomic mass is 9.91. The minimum Gasteiger partial charge on any atom is -0.135 e. The van der Waals surface area contributed by atoms with Gasteiger partial charge in [0.15, 0.2) is 0 Å². The van der Waals surface area contributed by atoms with Gasteiger partial charge in [-0.25, -0.2) is 0 Å². The van der Waals surface area contributed by atoms with E-state index in [1.165, 1.54) is 66.0 Å². The molecule has 0 atom stereocenters. The minimum atomic E-state index is 1.18. The molecule has 0 spiro atoms. The summed E-state index contributed by atoms with van der Waals surface area (Å²) < 4.78 is 2.83. The van der Waals surface area contributed by atoms with Gasteiger partial charge in [0, 0.05) is 20.2 Å². The van der Waals surface area contributed by atoms with Crippen molar-refractivity contribution in [1.29, 1.82) is 0 Å². The Morgan fingerprint density at radius 1 is 0.783 bits per heavy atom. The molecule has 0 nitrogen and oxygen atoms in total. The quantitative estimate of drug-likeness (QED) is 0.332. The average molecular weight is 314 g/mol. The lowest BCUT2D eigenvalue weighted by Crippen LogP contribution is -1.96. The Kier molecular flexibility index (Phi) is 2.72. The van der Waals surface area contributed by atoms with Crippen LogP contribution in [0.25, 0.3) is 37.0 Å². The first-order valence-corrected chi connectivity index (χ1v) is 9.06. The maximum Gasteiger partial charge on any atom is 0.0361 e. The SMILES string of the molecule is CC1=Cc2cc3c(cc2CC1)sc1cc2cc(C)ccc2cc13. The van der Waals surface area contributed by atoms with Crippen LogP contribution in [-0.2, 0) is 6.42 Å². The molecule has 112 valence electrons. The maximum atomic E-state index is 2.42. The van der Waals surface area contributed by atoms with E-state index < -0.39 is 0 Å². The van der Waals surface area contributed by atoms with E-state index in [9.17, 15) is 0 Å². The molecule has 0 saturated heterocycles. The molecule has 3 aromatic carbocycles. The lowest BCUT2D eigenvalue weighted by Gasteiger charge is -2.14. The molecule has 4 aromatic rings. The van der Waals surface area contributed by atoms with Crippen molar-refractivity contribution in [1.82, 2.24) is 0 Å². The van der Waals surface area contributed by atoms with Gasteiger partial charge in [-0.3, -0.25) is 0 Å². The largest absolute Gasteiger partial charge is 0.135 e. The van der Waals surface area contributed by atoms with Gasteiger partial charge in [-0.1, -0.05) is 35.4 Å². The van der Waals surface area contributed by atoms with E-state index in [1.54, 1.807) is 0 Å². The fraction of sp³-hybridized carbons (Fsp3) is 0.182. The van der Waals surface area contributed by atoms with Gasteiger partial charge < -0.3 is 0 Å². The molecule has 0 N–H and O–H groups in total. The molecule has 0 fully saturated rings. The van der Waals surface area contributed by atoms with E-state index in [0.717, 1.165) is 0 Å². The van der Waals surface area contributed by atoms with Gasteiger partial charge in [0.1, 0.15) is 0 Å². The minimum absolute atomic E-state index is 1.18. The van der Waals surface area contributed by atoms with Crippen molar-refractivity contribution in [2.45, 2.75) is 26.7 Å². The third-order valence-corrected chi connectivity index (χ3v) is 6.15. The first kappa shape index (κ1) is 13.3. The van der Waals surface area contributed by atoms with Gasteiger partial charge >= 0.3 is 0 Å². The van der Waals surface area contributed by atoms with Crippen LogP contribution in [-0.4, -0.2) is 0 Å². The van der Waals surface area contributed by atoms with Crippen LogP contribution in [0.4, 0.5) is 0 Å². The number of allylic oxidation sites excluding steroid dienone is 1. The number of hydrogen-bond acceptors (Lipinski definition) is 1. The van der Waals surface area contributed by atoms with Gasteiger partial charge in [0.2, 0.25) is 0 Å². The second-order valence-electron chi connectivity index (χ2n) is 6.84. The van der Waals surface area contributed by atoms with E-state index in [0.29, 0.717) is 0 Å². The normalized spacial score (nSPS) is 14.4. The highest BCUT2D eigenvalue weighted by Gasteiger charge is 2.13. The number of hydrogen-bond donors (Lipinski definition) is 0. The van der Waals surface area contributed by atoms with Crippen molar-refractivity contribution in [2.24, 2.45) is 0 Å². The first-order chi connectivity index (χ1) is 11.2. The van der Waals surface area contributed by atoms with Gasteiger partial charge in [-0.2, -0.15) is 0 Å². The molecular weight excluding hydrogens is 296 g/mol. The van der Waals surface area contributed by atoms with Crippen molar-refractivity contribution >= 4 is 48.4 Å². The molecule has 1 aromatic heterocycles. The summed E-state index contributed by atoms with van der Waals surface area (Å²) in [6, 6.07) is 16.3. The molecule has 0 bridgehead atoms. The monoisotopic (exact) mass is 314 g/mol. The van der Waals surface area contributed by atoms with Gasteiger partial charge in [0.25, 0.3) is 0 Å². The highest BCUT2D eigenvalue weighted by Crippen LogP contribution is 2.39. The van der Waals surface area contributed by atoms with Crippen LogP contribution in [0.2, 0.25) is 0 Å². The zero-order valence-electron chi connectivity index (χ0n) is 13.4. The Labute approximate surface area is 140 Å². The Balaban J connectivity index is 1.88. The summed E-state index contributed by atoms with van der Waals surface area (Å²) in [6.07, 6.45) is 4.75. The first-order valence-electron chi connectivity index (χ1n) is 8.24. The van der Waals surface area contributed by atoms with Crippen LogP contribution < -0.4 is 0 Å². The third kappa shape index (κ3) is 2.04. The Morgan fingerprint density at radius 3 is 2.52 bits per heavy atom.